The quantitative estimate of drug-likeness (QED) is 0.772. The molecule has 0 spiro atoms. The smallest absolute Gasteiger partial charge is 0.408 e. The highest BCUT2D eigenvalue weighted by atomic mass is 19.3. The van der Waals surface area contributed by atoms with E-state index in [0.29, 0.717) is 0 Å². The number of benzene rings is 1. The van der Waals surface area contributed by atoms with E-state index in [1.807, 2.05) is 5.32 Å². The molecule has 1 aromatic carbocycles. The Bertz CT molecular complexity index is 405. The van der Waals surface area contributed by atoms with E-state index in [1.165, 1.54) is 24.3 Å². The number of alkyl halides is 2. The number of cyclic esters (lactones) is 1. The van der Waals surface area contributed by atoms with E-state index < -0.39 is 24.7 Å². The number of carbonyl (C=O) groups excluding carboxylic acids is 1. The van der Waals surface area contributed by atoms with Crippen LogP contribution in [0.15, 0.2) is 24.3 Å². The summed E-state index contributed by atoms with van der Waals surface area (Å²) in [5.74, 6) is -3.18. The van der Waals surface area contributed by atoms with Gasteiger partial charge in [-0.25, -0.2) is 13.6 Å². The first-order chi connectivity index (χ1) is 7.49. The second-order valence-corrected chi connectivity index (χ2v) is 3.51. The number of halogens is 2. The molecule has 0 saturated carbocycles. The van der Waals surface area contributed by atoms with E-state index in [9.17, 15) is 13.6 Å². The largest absolute Gasteiger partial charge is 0.508 e. The first-order valence-electron chi connectivity index (χ1n) is 4.59. The Morgan fingerprint density at radius 3 is 2.62 bits per heavy atom. The summed E-state index contributed by atoms with van der Waals surface area (Å²) in [5.41, 5.74) is 0.222. The third kappa shape index (κ3) is 1.91. The maximum Gasteiger partial charge on any atom is 0.408 e. The molecule has 0 aromatic heterocycles. The van der Waals surface area contributed by atoms with Crippen molar-refractivity contribution in [3.05, 3.63) is 29.8 Å². The number of aromatic hydroxyl groups is 1. The van der Waals surface area contributed by atoms with Gasteiger partial charge in [-0.2, -0.15) is 0 Å². The third-order valence-electron chi connectivity index (χ3n) is 2.31. The molecule has 0 aliphatic carbocycles. The lowest BCUT2D eigenvalue weighted by atomic mass is 10.00. The van der Waals surface area contributed by atoms with E-state index in [2.05, 4.69) is 4.74 Å². The van der Waals surface area contributed by atoms with Gasteiger partial charge in [0.15, 0.2) is 6.61 Å². The zero-order valence-electron chi connectivity index (χ0n) is 8.11. The van der Waals surface area contributed by atoms with E-state index in [-0.39, 0.29) is 11.3 Å². The van der Waals surface area contributed by atoms with Crippen molar-refractivity contribution in [1.82, 2.24) is 5.32 Å². The Balaban J connectivity index is 2.30. The van der Waals surface area contributed by atoms with Crippen LogP contribution in [0, 0.1) is 0 Å². The number of hydrogen-bond donors (Lipinski definition) is 2. The lowest BCUT2D eigenvalue weighted by Gasteiger charge is -2.31. The lowest BCUT2D eigenvalue weighted by Crippen LogP contribution is -2.49. The number of ether oxygens (including phenoxy) is 1. The molecule has 1 fully saturated rings. The van der Waals surface area contributed by atoms with Gasteiger partial charge in [0, 0.05) is 0 Å². The summed E-state index contributed by atoms with van der Waals surface area (Å²) >= 11 is 0. The van der Waals surface area contributed by atoms with Gasteiger partial charge in [-0.1, -0.05) is 12.1 Å². The van der Waals surface area contributed by atoms with Crippen molar-refractivity contribution in [3.63, 3.8) is 0 Å². The fourth-order valence-corrected chi connectivity index (χ4v) is 1.50. The van der Waals surface area contributed by atoms with Crippen molar-refractivity contribution in [2.75, 3.05) is 6.61 Å². The van der Waals surface area contributed by atoms with Gasteiger partial charge in [-0.05, 0) is 17.7 Å². The molecule has 2 rings (SSSR count). The summed E-state index contributed by atoms with van der Waals surface area (Å²) in [7, 11) is 0. The molecule has 2 N–H and O–H groups in total. The number of carbonyl (C=O) groups is 1. The molecule has 6 heteroatoms. The molecule has 1 heterocycles. The van der Waals surface area contributed by atoms with E-state index in [1.54, 1.807) is 0 Å². The normalized spacial score (nSPS) is 23.4. The molecule has 16 heavy (non-hydrogen) atoms. The number of phenolic OH excluding ortho intramolecular Hbond substituents is 1. The zero-order chi connectivity index (χ0) is 11.8. The van der Waals surface area contributed by atoms with Crippen molar-refractivity contribution >= 4 is 6.09 Å². The molecular formula is C10H9F2NO3. The fourth-order valence-electron chi connectivity index (χ4n) is 1.50. The van der Waals surface area contributed by atoms with Crippen LogP contribution in [0.25, 0.3) is 0 Å². The van der Waals surface area contributed by atoms with Crippen LogP contribution in [-0.4, -0.2) is 23.7 Å². The molecule has 1 amide bonds. The van der Waals surface area contributed by atoms with E-state index >= 15 is 0 Å². The number of hydrogen-bond acceptors (Lipinski definition) is 3. The molecule has 1 saturated heterocycles. The number of rotatable bonds is 1. The minimum absolute atomic E-state index is 0.0227. The molecule has 0 bridgehead atoms. The Kier molecular flexibility index (Phi) is 2.41. The van der Waals surface area contributed by atoms with Crippen LogP contribution in [0.2, 0.25) is 0 Å². The predicted octanol–water partition coefficient (Wildman–Crippen LogP) is 1.81. The SMILES string of the molecule is O=C1N[C@@H](c2ccc(O)cc2)C(F)(F)CO1. The standard InChI is InChI=1S/C10H9F2NO3/c11-10(12)5-16-9(15)13-8(10)6-1-3-7(14)4-2-6/h1-4,8,14H,5H2,(H,13,15)/t8-/m0/s1. The molecule has 1 aliphatic rings. The van der Waals surface area contributed by atoms with Gasteiger partial charge < -0.3 is 15.2 Å². The monoisotopic (exact) mass is 229 g/mol. The number of phenols is 1. The molecule has 0 unspecified atom stereocenters. The van der Waals surface area contributed by atoms with E-state index in [0.717, 1.165) is 0 Å². The summed E-state index contributed by atoms with van der Waals surface area (Å²) < 4.78 is 31.1. The van der Waals surface area contributed by atoms with Gasteiger partial charge in [0.05, 0.1) is 0 Å². The molecular weight excluding hydrogens is 220 g/mol. The number of alkyl carbamates (subject to hydrolysis) is 1. The third-order valence-corrected chi connectivity index (χ3v) is 2.31. The minimum atomic E-state index is -3.16. The van der Waals surface area contributed by atoms with Crippen LogP contribution in [0.4, 0.5) is 13.6 Å². The van der Waals surface area contributed by atoms with Gasteiger partial charge in [0.1, 0.15) is 11.8 Å². The van der Waals surface area contributed by atoms with Crippen LogP contribution in [0.1, 0.15) is 11.6 Å². The average Bonchev–Trinajstić information content (AvgIpc) is 2.23. The van der Waals surface area contributed by atoms with Crippen LogP contribution < -0.4 is 5.32 Å². The highest BCUT2D eigenvalue weighted by Gasteiger charge is 2.46. The average molecular weight is 229 g/mol. The van der Waals surface area contributed by atoms with Gasteiger partial charge in [-0.3, -0.25) is 0 Å². The molecule has 1 aliphatic heterocycles. The van der Waals surface area contributed by atoms with Crippen molar-refractivity contribution < 1.29 is 23.4 Å². The first-order valence-corrected chi connectivity index (χ1v) is 4.59. The highest BCUT2D eigenvalue weighted by molar-refractivity contribution is 5.69. The molecule has 1 aromatic rings. The summed E-state index contributed by atoms with van der Waals surface area (Å²) in [5, 5.41) is 11.1. The van der Waals surface area contributed by atoms with Crippen LogP contribution in [0.5, 0.6) is 5.75 Å². The number of amides is 1. The van der Waals surface area contributed by atoms with Crippen LogP contribution in [0.3, 0.4) is 0 Å². The first kappa shape index (κ1) is 10.7. The van der Waals surface area contributed by atoms with E-state index in [4.69, 9.17) is 5.11 Å². The summed E-state index contributed by atoms with van der Waals surface area (Å²) in [6, 6.07) is 3.81. The van der Waals surface area contributed by atoms with Gasteiger partial charge >= 0.3 is 12.0 Å². The summed E-state index contributed by atoms with van der Waals surface area (Å²) in [6.45, 7) is -0.940. The van der Waals surface area contributed by atoms with Crippen molar-refractivity contribution in [1.29, 1.82) is 0 Å². The molecule has 4 nitrogen and oxygen atoms in total. The second kappa shape index (κ2) is 3.62. The Hall–Kier alpha value is -1.85. The Labute approximate surface area is 89.8 Å². The second-order valence-electron chi connectivity index (χ2n) is 3.51. The van der Waals surface area contributed by atoms with Crippen molar-refractivity contribution in [3.8, 4) is 5.75 Å². The summed E-state index contributed by atoms with van der Waals surface area (Å²) in [4.78, 5) is 10.9. The van der Waals surface area contributed by atoms with Gasteiger partial charge in [0.25, 0.3) is 0 Å². The Morgan fingerprint density at radius 2 is 2.00 bits per heavy atom. The maximum atomic E-state index is 13.4. The molecule has 86 valence electrons. The van der Waals surface area contributed by atoms with Crippen molar-refractivity contribution in [2.24, 2.45) is 0 Å². The predicted molar refractivity (Wildman–Crippen MR) is 50.3 cm³/mol. The fraction of sp³-hybridized carbons (Fsp3) is 0.300. The summed E-state index contributed by atoms with van der Waals surface area (Å²) in [6.07, 6.45) is -0.871. The lowest BCUT2D eigenvalue weighted by molar-refractivity contribution is -0.104. The van der Waals surface area contributed by atoms with Gasteiger partial charge in [-0.15, -0.1) is 0 Å². The number of nitrogens with one attached hydrogen (secondary N) is 1. The van der Waals surface area contributed by atoms with Crippen LogP contribution in [-0.2, 0) is 4.74 Å². The van der Waals surface area contributed by atoms with Crippen LogP contribution >= 0.6 is 0 Å². The zero-order valence-corrected chi connectivity index (χ0v) is 8.11. The van der Waals surface area contributed by atoms with Crippen molar-refractivity contribution in [2.45, 2.75) is 12.0 Å². The topological polar surface area (TPSA) is 58.6 Å². The Morgan fingerprint density at radius 1 is 1.38 bits per heavy atom. The van der Waals surface area contributed by atoms with Gasteiger partial charge in [0.2, 0.25) is 0 Å². The molecule has 1 atom stereocenters. The minimum Gasteiger partial charge on any atom is -0.508 e. The molecule has 0 radical (unpaired) electrons. The highest BCUT2D eigenvalue weighted by Crippen LogP contribution is 2.34. The maximum absolute atomic E-state index is 13.4.